The SMILES string of the molecule is N#Cc1cnc(NC(=O)N2CCCc3cc(CN4CCCC4=O)c(C=O)nc32)cc1OC[C@H]1CCNC(=O)C1. The number of rotatable bonds is 7. The van der Waals surface area contributed by atoms with Gasteiger partial charge in [-0.25, -0.2) is 14.8 Å². The van der Waals surface area contributed by atoms with Crippen LogP contribution in [-0.2, 0) is 22.6 Å². The summed E-state index contributed by atoms with van der Waals surface area (Å²) in [7, 11) is 0. The number of pyridine rings is 2. The molecule has 0 unspecified atom stereocenters. The first-order valence-electron chi connectivity index (χ1n) is 13.1. The molecule has 3 aliphatic rings. The summed E-state index contributed by atoms with van der Waals surface area (Å²) in [6.07, 6.45) is 5.83. The predicted octanol–water partition coefficient (Wildman–Crippen LogP) is 2.17. The second-order valence-electron chi connectivity index (χ2n) is 9.93. The molecule has 5 heterocycles. The van der Waals surface area contributed by atoms with E-state index in [2.05, 4.69) is 20.6 Å². The van der Waals surface area contributed by atoms with Crippen molar-refractivity contribution in [2.24, 2.45) is 5.92 Å². The molecule has 2 aromatic heterocycles. The van der Waals surface area contributed by atoms with Gasteiger partial charge >= 0.3 is 6.03 Å². The number of likely N-dealkylation sites (tertiary alicyclic amines) is 1. The van der Waals surface area contributed by atoms with Crippen molar-refractivity contribution in [1.29, 1.82) is 5.26 Å². The third kappa shape index (κ3) is 5.82. The monoisotopic (exact) mass is 531 g/mol. The van der Waals surface area contributed by atoms with E-state index in [4.69, 9.17) is 4.74 Å². The van der Waals surface area contributed by atoms with Crippen LogP contribution in [0.1, 0.15) is 59.3 Å². The fourth-order valence-corrected chi connectivity index (χ4v) is 5.15. The lowest BCUT2D eigenvalue weighted by atomic mass is 9.99. The number of carbonyl (C=O) groups excluding carboxylic acids is 4. The third-order valence-corrected chi connectivity index (χ3v) is 7.21. The summed E-state index contributed by atoms with van der Waals surface area (Å²) in [5, 5.41) is 15.0. The zero-order valence-corrected chi connectivity index (χ0v) is 21.4. The van der Waals surface area contributed by atoms with Gasteiger partial charge in [0.05, 0.1) is 12.8 Å². The van der Waals surface area contributed by atoms with E-state index < -0.39 is 6.03 Å². The minimum Gasteiger partial charge on any atom is -0.492 e. The molecule has 2 N–H and O–H groups in total. The molecule has 1 atom stereocenters. The molecule has 12 nitrogen and oxygen atoms in total. The summed E-state index contributed by atoms with van der Waals surface area (Å²) < 4.78 is 5.86. The minimum atomic E-state index is -0.477. The second kappa shape index (κ2) is 11.5. The average molecular weight is 532 g/mol. The number of anilines is 2. The number of ether oxygens (including phenoxy) is 1. The maximum atomic E-state index is 13.3. The molecule has 2 aromatic rings. The Balaban J connectivity index is 1.31. The fraction of sp³-hybridized carbons (Fsp3) is 0.444. The van der Waals surface area contributed by atoms with Gasteiger partial charge in [0.15, 0.2) is 6.29 Å². The molecule has 0 saturated carbocycles. The molecule has 0 aliphatic carbocycles. The summed E-state index contributed by atoms with van der Waals surface area (Å²) in [5.74, 6) is 0.944. The van der Waals surface area contributed by atoms with Gasteiger partial charge in [-0.3, -0.25) is 24.6 Å². The zero-order chi connectivity index (χ0) is 27.4. The van der Waals surface area contributed by atoms with E-state index in [9.17, 15) is 24.4 Å². The lowest BCUT2D eigenvalue weighted by Crippen LogP contribution is -2.40. The van der Waals surface area contributed by atoms with Crippen LogP contribution in [0.15, 0.2) is 18.3 Å². The first kappa shape index (κ1) is 26.1. The van der Waals surface area contributed by atoms with Crippen LogP contribution in [0.2, 0.25) is 0 Å². The molecule has 0 aromatic carbocycles. The van der Waals surface area contributed by atoms with Gasteiger partial charge < -0.3 is 15.0 Å². The number of aryl methyl sites for hydroxylation is 1. The van der Waals surface area contributed by atoms with Gasteiger partial charge in [0, 0.05) is 56.6 Å². The fourth-order valence-electron chi connectivity index (χ4n) is 5.15. The van der Waals surface area contributed by atoms with Crippen molar-refractivity contribution in [1.82, 2.24) is 20.2 Å². The number of carbonyl (C=O) groups is 4. The smallest absolute Gasteiger partial charge is 0.328 e. The predicted molar refractivity (Wildman–Crippen MR) is 139 cm³/mol. The summed E-state index contributed by atoms with van der Waals surface area (Å²) in [5.41, 5.74) is 1.93. The number of aromatic nitrogens is 2. The number of nitrogens with zero attached hydrogens (tertiary/aromatic N) is 5. The van der Waals surface area contributed by atoms with Crippen molar-refractivity contribution < 1.29 is 23.9 Å². The number of aldehydes is 1. The van der Waals surface area contributed by atoms with E-state index in [1.807, 2.05) is 12.1 Å². The van der Waals surface area contributed by atoms with Crippen LogP contribution in [0.4, 0.5) is 16.4 Å². The number of hydrogen-bond acceptors (Lipinski definition) is 8. The largest absolute Gasteiger partial charge is 0.492 e. The van der Waals surface area contributed by atoms with E-state index in [1.165, 1.54) is 17.2 Å². The van der Waals surface area contributed by atoms with Crippen molar-refractivity contribution >= 4 is 35.8 Å². The topological polar surface area (TPSA) is 158 Å². The Hall–Kier alpha value is -4.53. The van der Waals surface area contributed by atoms with E-state index in [1.54, 1.807) is 4.90 Å². The maximum absolute atomic E-state index is 13.3. The van der Waals surface area contributed by atoms with Crippen molar-refractivity contribution in [3.63, 3.8) is 0 Å². The normalized spacial score (nSPS) is 18.7. The van der Waals surface area contributed by atoms with Crippen LogP contribution in [0, 0.1) is 17.2 Å². The average Bonchev–Trinajstić information content (AvgIpc) is 3.35. The van der Waals surface area contributed by atoms with E-state index in [-0.39, 0.29) is 47.2 Å². The van der Waals surface area contributed by atoms with Gasteiger partial charge in [0.2, 0.25) is 11.8 Å². The lowest BCUT2D eigenvalue weighted by Gasteiger charge is -2.29. The van der Waals surface area contributed by atoms with Gasteiger partial charge in [-0.2, -0.15) is 5.26 Å². The lowest BCUT2D eigenvalue weighted by molar-refractivity contribution is -0.128. The van der Waals surface area contributed by atoms with Crippen molar-refractivity contribution in [2.75, 3.05) is 36.5 Å². The Labute approximate surface area is 225 Å². The van der Waals surface area contributed by atoms with E-state index >= 15 is 0 Å². The molecule has 202 valence electrons. The highest BCUT2D eigenvalue weighted by Gasteiger charge is 2.28. The van der Waals surface area contributed by atoms with Crippen LogP contribution >= 0.6 is 0 Å². The number of hydrogen-bond donors (Lipinski definition) is 2. The Morgan fingerprint density at radius 2 is 2.10 bits per heavy atom. The highest BCUT2D eigenvalue weighted by molar-refractivity contribution is 6.01. The number of piperidine rings is 1. The van der Waals surface area contributed by atoms with Crippen LogP contribution in [0.3, 0.4) is 0 Å². The van der Waals surface area contributed by atoms with Crippen LogP contribution in [0.25, 0.3) is 0 Å². The molecular weight excluding hydrogens is 502 g/mol. The Bertz CT molecular complexity index is 1350. The van der Waals surface area contributed by atoms with Crippen molar-refractivity contribution in [3.05, 3.63) is 40.7 Å². The van der Waals surface area contributed by atoms with Crippen LogP contribution in [-0.4, -0.2) is 65.2 Å². The summed E-state index contributed by atoms with van der Waals surface area (Å²) >= 11 is 0. The summed E-state index contributed by atoms with van der Waals surface area (Å²) in [6, 6.07) is 4.92. The summed E-state index contributed by atoms with van der Waals surface area (Å²) in [6.45, 7) is 2.23. The van der Waals surface area contributed by atoms with Gasteiger partial charge in [0.1, 0.15) is 34.7 Å². The van der Waals surface area contributed by atoms with Crippen LogP contribution < -0.4 is 20.3 Å². The van der Waals surface area contributed by atoms with Crippen molar-refractivity contribution in [2.45, 2.75) is 45.1 Å². The number of nitriles is 1. The molecular formula is C27H29N7O5. The van der Waals surface area contributed by atoms with Gasteiger partial charge in [-0.15, -0.1) is 0 Å². The number of fused-ring (bicyclic) bond motifs is 1. The minimum absolute atomic E-state index is 0.0251. The first-order valence-corrected chi connectivity index (χ1v) is 13.1. The Morgan fingerprint density at radius 3 is 2.85 bits per heavy atom. The highest BCUT2D eigenvalue weighted by atomic mass is 16.5. The molecule has 3 aliphatic heterocycles. The molecule has 0 radical (unpaired) electrons. The molecule has 39 heavy (non-hydrogen) atoms. The van der Waals surface area contributed by atoms with Gasteiger partial charge in [-0.05, 0) is 37.3 Å². The number of amides is 4. The van der Waals surface area contributed by atoms with Gasteiger partial charge in [0.25, 0.3) is 0 Å². The molecule has 4 amide bonds. The molecule has 0 spiro atoms. The zero-order valence-electron chi connectivity index (χ0n) is 21.4. The second-order valence-corrected chi connectivity index (χ2v) is 9.93. The van der Waals surface area contributed by atoms with Crippen LogP contribution in [0.5, 0.6) is 5.75 Å². The maximum Gasteiger partial charge on any atom is 0.328 e. The molecule has 12 heteroatoms. The highest BCUT2D eigenvalue weighted by Crippen LogP contribution is 2.29. The molecule has 5 rings (SSSR count). The standard InChI is InChI=1S/C27H29N7O5/c28-12-20-13-30-23(11-22(20)39-16-17-5-6-29-24(36)9-17)32-27(38)34-8-1-3-18-10-19(21(15-35)31-26(18)34)14-33-7-2-4-25(33)37/h10-11,13,15,17H,1-9,14,16H2,(H,29,36)(H,30,32,38)/t17-/m0/s1. The number of urea groups is 1. The van der Waals surface area contributed by atoms with Gasteiger partial charge in [-0.1, -0.05) is 0 Å². The van der Waals surface area contributed by atoms with E-state index in [0.29, 0.717) is 69.5 Å². The molecule has 2 saturated heterocycles. The molecule has 2 fully saturated rings. The molecule has 0 bridgehead atoms. The third-order valence-electron chi connectivity index (χ3n) is 7.21. The summed E-state index contributed by atoms with van der Waals surface area (Å²) in [4.78, 5) is 60.8. The quantitative estimate of drug-likeness (QED) is 0.515. The first-order chi connectivity index (χ1) is 18.9. The van der Waals surface area contributed by atoms with E-state index in [0.717, 1.165) is 18.4 Å². The Morgan fingerprint density at radius 1 is 1.26 bits per heavy atom. The van der Waals surface area contributed by atoms with Crippen molar-refractivity contribution in [3.8, 4) is 11.8 Å². The Kier molecular flexibility index (Phi) is 7.67. The number of nitrogens with one attached hydrogen (secondary N) is 2.